The zero-order valence-corrected chi connectivity index (χ0v) is 13.0. The van der Waals surface area contributed by atoms with Crippen LogP contribution in [0.3, 0.4) is 0 Å². The van der Waals surface area contributed by atoms with Crippen molar-refractivity contribution >= 4 is 5.69 Å². The molecule has 0 saturated carbocycles. The third-order valence-electron chi connectivity index (χ3n) is 4.06. The summed E-state index contributed by atoms with van der Waals surface area (Å²) in [6, 6.07) is 10.7. The molecule has 0 aromatic heterocycles. The molecule has 0 saturated heterocycles. The quantitative estimate of drug-likeness (QED) is 0.615. The number of hydrogen-bond acceptors (Lipinski definition) is 2. The van der Waals surface area contributed by atoms with E-state index < -0.39 is 0 Å². The maximum absolute atomic E-state index is 2.50. The fourth-order valence-corrected chi connectivity index (χ4v) is 2.93. The van der Waals surface area contributed by atoms with Gasteiger partial charge >= 0.3 is 0 Å². The van der Waals surface area contributed by atoms with E-state index in [1.807, 2.05) is 0 Å². The van der Waals surface area contributed by atoms with Gasteiger partial charge in [0.2, 0.25) is 0 Å². The third-order valence-corrected chi connectivity index (χ3v) is 4.06. The fraction of sp³-hybridized carbons (Fsp3) is 0.556. The Labute approximate surface area is 124 Å². The number of rotatable bonds is 8. The Bertz CT molecular complexity index is 399. The molecule has 0 amide bonds. The Morgan fingerprint density at radius 3 is 2.35 bits per heavy atom. The average Bonchev–Trinajstić information content (AvgIpc) is 2.91. The highest BCUT2D eigenvalue weighted by Crippen LogP contribution is 2.26. The molecule has 20 heavy (non-hydrogen) atoms. The number of unbranched alkanes of at least 4 members (excludes halogenated alkanes) is 4. The third kappa shape index (κ3) is 3.78. The van der Waals surface area contributed by atoms with E-state index in [-0.39, 0.29) is 0 Å². The van der Waals surface area contributed by atoms with E-state index in [0.717, 1.165) is 6.42 Å². The molecule has 0 aliphatic carbocycles. The lowest BCUT2D eigenvalue weighted by Crippen LogP contribution is -2.38. The van der Waals surface area contributed by atoms with Crippen LogP contribution >= 0.6 is 0 Å². The number of hydrogen-bond donors (Lipinski definition) is 0. The molecule has 1 aromatic carbocycles. The van der Waals surface area contributed by atoms with Gasteiger partial charge in [0.25, 0.3) is 0 Å². The number of para-hydroxylation sites is 1. The Morgan fingerprint density at radius 2 is 1.65 bits per heavy atom. The Morgan fingerprint density at radius 1 is 0.900 bits per heavy atom. The van der Waals surface area contributed by atoms with Gasteiger partial charge in [0.15, 0.2) is 0 Å². The van der Waals surface area contributed by atoms with Crippen LogP contribution in [-0.4, -0.2) is 17.6 Å². The average molecular weight is 272 g/mol. The summed E-state index contributed by atoms with van der Waals surface area (Å²) in [6.07, 6.45) is 12.9. The van der Waals surface area contributed by atoms with E-state index in [2.05, 4.69) is 66.4 Å². The minimum Gasteiger partial charge on any atom is -0.356 e. The second-order valence-corrected chi connectivity index (χ2v) is 5.58. The smallest absolute Gasteiger partial charge is 0.105 e. The molecule has 2 rings (SSSR count). The fourth-order valence-electron chi connectivity index (χ4n) is 2.93. The van der Waals surface area contributed by atoms with Crippen molar-refractivity contribution in [2.45, 2.75) is 58.5 Å². The molecule has 0 spiro atoms. The Balaban J connectivity index is 1.85. The van der Waals surface area contributed by atoms with E-state index >= 15 is 0 Å². The van der Waals surface area contributed by atoms with Crippen molar-refractivity contribution in [1.29, 1.82) is 0 Å². The van der Waals surface area contributed by atoms with Gasteiger partial charge in [-0.25, -0.2) is 0 Å². The van der Waals surface area contributed by atoms with Crippen LogP contribution in [0.15, 0.2) is 42.7 Å². The summed E-state index contributed by atoms with van der Waals surface area (Å²) in [7, 11) is 0. The van der Waals surface area contributed by atoms with E-state index in [9.17, 15) is 0 Å². The van der Waals surface area contributed by atoms with E-state index in [4.69, 9.17) is 0 Å². The van der Waals surface area contributed by atoms with Gasteiger partial charge in [0, 0.05) is 24.6 Å². The second-order valence-electron chi connectivity index (χ2n) is 5.58. The van der Waals surface area contributed by atoms with Crippen molar-refractivity contribution in [3.05, 3.63) is 42.7 Å². The van der Waals surface area contributed by atoms with Crippen LogP contribution in [0.2, 0.25) is 0 Å². The first kappa shape index (κ1) is 15.0. The molecular formula is C18H28N2. The number of nitrogens with zero attached hydrogens (tertiary/aromatic N) is 2. The van der Waals surface area contributed by atoms with E-state index in [1.165, 1.54) is 44.3 Å². The molecule has 1 aromatic rings. The van der Waals surface area contributed by atoms with Gasteiger partial charge in [-0.15, -0.1) is 0 Å². The van der Waals surface area contributed by atoms with Crippen molar-refractivity contribution in [2.24, 2.45) is 0 Å². The Hall–Kier alpha value is -1.44. The van der Waals surface area contributed by atoms with Gasteiger partial charge in [-0.2, -0.15) is 0 Å². The summed E-state index contributed by atoms with van der Waals surface area (Å²) >= 11 is 0. The van der Waals surface area contributed by atoms with Crippen molar-refractivity contribution in [3.8, 4) is 0 Å². The highest BCUT2D eigenvalue weighted by Gasteiger charge is 2.24. The number of benzene rings is 1. The molecule has 110 valence electrons. The van der Waals surface area contributed by atoms with Crippen LogP contribution in [0.4, 0.5) is 5.69 Å². The molecule has 1 unspecified atom stereocenters. The minimum atomic E-state index is 0.489. The zero-order valence-electron chi connectivity index (χ0n) is 13.0. The van der Waals surface area contributed by atoms with Crippen LogP contribution in [-0.2, 0) is 0 Å². The van der Waals surface area contributed by atoms with Crippen molar-refractivity contribution in [3.63, 3.8) is 0 Å². The molecule has 2 heteroatoms. The van der Waals surface area contributed by atoms with Crippen LogP contribution in [0.1, 0.15) is 52.4 Å². The first-order valence-corrected chi connectivity index (χ1v) is 8.14. The van der Waals surface area contributed by atoms with Gasteiger partial charge in [-0.1, -0.05) is 57.7 Å². The summed E-state index contributed by atoms with van der Waals surface area (Å²) in [5, 5.41) is 0. The SMILES string of the molecule is CCCCCCCN1C=CN(c2ccccc2)C1CC. The van der Waals surface area contributed by atoms with E-state index in [0.29, 0.717) is 6.17 Å². The summed E-state index contributed by atoms with van der Waals surface area (Å²) in [5.41, 5.74) is 1.30. The maximum atomic E-state index is 2.50. The van der Waals surface area contributed by atoms with Crippen LogP contribution in [0.5, 0.6) is 0 Å². The molecule has 1 atom stereocenters. The van der Waals surface area contributed by atoms with Gasteiger partial charge in [0.1, 0.15) is 6.17 Å². The van der Waals surface area contributed by atoms with Crippen LogP contribution < -0.4 is 4.90 Å². The van der Waals surface area contributed by atoms with Crippen LogP contribution in [0, 0.1) is 0 Å². The second kappa shape index (κ2) is 7.98. The topological polar surface area (TPSA) is 6.48 Å². The predicted octanol–water partition coefficient (Wildman–Crippen LogP) is 4.99. The normalized spacial score (nSPS) is 18.0. The minimum absolute atomic E-state index is 0.489. The lowest BCUT2D eigenvalue weighted by Gasteiger charge is -2.32. The number of anilines is 1. The summed E-state index contributed by atoms with van der Waals surface area (Å²) in [4.78, 5) is 4.89. The zero-order chi connectivity index (χ0) is 14.2. The van der Waals surface area contributed by atoms with E-state index in [1.54, 1.807) is 0 Å². The van der Waals surface area contributed by atoms with Crippen molar-refractivity contribution in [2.75, 3.05) is 11.4 Å². The van der Waals surface area contributed by atoms with Crippen LogP contribution in [0.25, 0.3) is 0 Å². The lowest BCUT2D eigenvalue weighted by molar-refractivity contribution is 0.286. The van der Waals surface area contributed by atoms with Gasteiger partial charge in [0.05, 0.1) is 0 Å². The summed E-state index contributed by atoms with van der Waals surface area (Å²) < 4.78 is 0. The first-order valence-electron chi connectivity index (χ1n) is 8.14. The standard InChI is InChI=1S/C18H28N2/c1-3-5-6-7-11-14-19-15-16-20(18(19)4-2)17-12-9-8-10-13-17/h8-10,12-13,15-16,18H,3-7,11,14H2,1-2H3. The molecule has 1 aliphatic rings. The molecule has 2 nitrogen and oxygen atoms in total. The van der Waals surface area contributed by atoms with Gasteiger partial charge in [-0.3, -0.25) is 0 Å². The Kier molecular flexibility index (Phi) is 5.97. The van der Waals surface area contributed by atoms with Gasteiger partial charge in [-0.05, 0) is 25.0 Å². The molecule has 0 fully saturated rings. The van der Waals surface area contributed by atoms with Crippen molar-refractivity contribution in [1.82, 2.24) is 4.90 Å². The monoisotopic (exact) mass is 272 g/mol. The first-order chi connectivity index (χ1) is 9.86. The summed E-state index contributed by atoms with van der Waals surface area (Å²) in [5.74, 6) is 0. The maximum Gasteiger partial charge on any atom is 0.105 e. The van der Waals surface area contributed by atoms with Gasteiger partial charge < -0.3 is 9.80 Å². The lowest BCUT2D eigenvalue weighted by atomic mass is 10.1. The predicted molar refractivity (Wildman–Crippen MR) is 87.6 cm³/mol. The molecule has 0 bridgehead atoms. The largest absolute Gasteiger partial charge is 0.356 e. The molecule has 1 heterocycles. The molecule has 0 radical (unpaired) electrons. The highest BCUT2D eigenvalue weighted by atomic mass is 15.4. The molecular weight excluding hydrogens is 244 g/mol. The molecule has 1 aliphatic heterocycles. The highest BCUT2D eigenvalue weighted by molar-refractivity contribution is 5.51. The molecule has 0 N–H and O–H groups in total. The summed E-state index contributed by atoms with van der Waals surface area (Å²) in [6.45, 7) is 5.73. The van der Waals surface area contributed by atoms with Crippen molar-refractivity contribution < 1.29 is 0 Å².